The molecule has 0 radical (unpaired) electrons. The highest BCUT2D eigenvalue weighted by molar-refractivity contribution is 6.31. The van der Waals surface area contributed by atoms with Gasteiger partial charge in [0, 0.05) is 5.02 Å². The lowest BCUT2D eigenvalue weighted by atomic mass is 10.0. The van der Waals surface area contributed by atoms with Crippen molar-refractivity contribution in [1.82, 2.24) is 0 Å². The van der Waals surface area contributed by atoms with Crippen molar-refractivity contribution >= 4 is 17.6 Å². The number of aromatic carboxylic acids is 1. The third-order valence-electron chi connectivity index (χ3n) is 1.91. The minimum absolute atomic E-state index is 0.245. The molecule has 82 valence electrons. The van der Waals surface area contributed by atoms with Crippen LogP contribution in [0.2, 0.25) is 5.02 Å². The molecule has 0 aliphatic heterocycles. The topological polar surface area (TPSA) is 37.3 Å². The van der Waals surface area contributed by atoms with Crippen molar-refractivity contribution in [3.8, 4) is 0 Å². The van der Waals surface area contributed by atoms with Gasteiger partial charge in [-0.1, -0.05) is 11.6 Å². The Morgan fingerprint density at radius 3 is 2.33 bits per heavy atom. The summed E-state index contributed by atoms with van der Waals surface area (Å²) in [4.78, 5) is 10.6. The van der Waals surface area contributed by atoms with Crippen molar-refractivity contribution in [3.63, 3.8) is 0 Å². The average Bonchev–Trinajstić information content (AvgIpc) is 2.06. The van der Waals surface area contributed by atoms with Crippen LogP contribution in [0.15, 0.2) is 12.1 Å². The summed E-state index contributed by atoms with van der Waals surface area (Å²) in [5.74, 6) is -1.43. The fourth-order valence-corrected chi connectivity index (χ4v) is 1.41. The van der Waals surface area contributed by atoms with Gasteiger partial charge in [0.05, 0.1) is 11.1 Å². The summed E-state index contributed by atoms with van der Waals surface area (Å²) in [6.45, 7) is 1.10. The second-order valence-corrected chi connectivity index (χ2v) is 3.37. The van der Waals surface area contributed by atoms with E-state index in [4.69, 9.17) is 16.7 Å². The van der Waals surface area contributed by atoms with Crippen LogP contribution in [0.1, 0.15) is 21.5 Å². The van der Waals surface area contributed by atoms with E-state index in [-0.39, 0.29) is 10.6 Å². The molecule has 1 aromatic rings. The fraction of sp³-hybridized carbons (Fsp3) is 0.222. The maximum absolute atomic E-state index is 12.4. The minimum Gasteiger partial charge on any atom is -0.478 e. The number of rotatable bonds is 1. The van der Waals surface area contributed by atoms with Crippen molar-refractivity contribution in [1.29, 1.82) is 0 Å². The van der Waals surface area contributed by atoms with Crippen LogP contribution < -0.4 is 0 Å². The Hall–Kier alpha value is -1.23. The highest BCUT2D eigenvalue weighted by Gasteiger charge is 2.34. The number of hydrogen-bond donors (Lipinski definition) is 1. The lowest BCUT2D eigenvalue weighted by Crippen LogP contribution is -2.11. The molecule has 0 heterocycles. The normalized spacial score (nSPS) is 11.5. The number of benzene rings is 1. The van der Waals surface area contributed by atoms with Crippen LogP contribution in [0.25, 0.3) is 0 Å². The number of carboxylic acid groups (broad SMARTS) is 1. The molecule has 1 N–H and O–H groups in total. The van der Waals surface area contributed by atoms with Crippen LogP contribution in [0.3, 0.4) is 0 Å². The van der Waals surface area contributed by atoms with E-state index in [0.717, 1.165) is 13.0 Å². The number of carbonyl (C=O) groups is 1. The van der Waals surface area contributed by atoms with E-state index in [1.807, 2.05) is 0 Å². The molecular weight excluding hydrogens is 233 g/mol. The molecule has 0 bridgehead atoms. The lowest BCUT2D eigenvalue weighted by molar-refractivity contribution is -0.138. The third kappa shape index (κ3) is 2.41. The minimum atomic E-state index is -4.60. The van der Waals surface area contributed by atoms with E-state index < -0.39 is 23.3 Å². The number of carboxylic acids is 1. The maximum atomic E-state index is 12.4. The van der Waals surface area contributed by atoms with Crippen LogP contribution >= 0.6 is 11.6 Å². The molecule has 0 aliphatic carbocycles. The molecular formula is C9H6ClF3O2. The zero-order valence-electron chi connectivity index (χ0n) is 7.52. The van der Waals surface area contributed by atoms with E-state index >= 15 is 0 Å². The Morgan fingerprint density at radius 2 is 1.93 bits per heavy atom. The molecule has 2 nitrogen and oxygen atoms in total. The maximum Gasteiger partial charge on any atom is 0.416 e. The van der Waals surface area contributed by atoms with Gasteiger partial charge in [0.25, 0.3) is 0 Å². The first kappa shape index (κ1) is 11.8. The van der Waals surface area contributed by atoms with Crippen molar-refractivity contribution < 1.29 is 23.1 Å². The van der Waals surface area contributed by atoms with Gasteiger partial charge in [0.2, 0.25) is 0 Å². The zero-order valence-corrected chi connectivity index (χ0v) is 8.28. The van der Waals surface area contributed by atoms with E-state index in [2.05, 4.69) is 0 Å². The largest absolute Gasteiger partial charge is 0.478 e. The van der Waals surface area contributed by atoms with E-state index in [1.165, 1.54) is 0 Å². The van der Waals surface area contributed by atoms with E-state index in [9.17, 15) is 18.0 Å². The van der Waals surface area contributed by atoms with Crippen LogP contribution in [0.4, 0.5) is 13.2 Å². The third-order valence-corrected chi connectivity index (χ3v) is 2.13. The summed E-state index contributed by atoms with van der Waals surface area (Å²) in [6, 6.07) is 1.71. The first-order valence-electron chi connectivity index (χ1n) is 3.84. The van der Waals surface area contributed by atoms with Crippen molar-refractivity contribution in [2.24, 2.45) is 0 Å². The summed E-state index contributed by atoms with van der Waals surface area (Å²) < 4.78 is 37.3. The summed E-state index contributed by atoms with van der Waals surface area (Å²) in [7, 11) is 0. The SMILES string of the molecule is Cc1c(C(=O)O)cc(Cl)cc1C(F)(F)F. The van der Waals surface area contributed by atoms with Gasteiger partial charge >= 0.3 is 12.1 Å². The Labute approximate surface area is 88.3 Å². The van der Waals surface area contributed by atoms with Gasteiger partial charge in [-0.2, -0.15) is 13.2 Å². The molecule has 15 heavy (non-hydrogen) atoms. The Morgan fingerprint density at radius 1 is 1.40 bits per heavy atom. The highest BCUT2D eigenvalue weighted by atomic mass is 35.5. The molecule has 1 rings (SSSR count). The van der Waals surface area contributed by atoms with Crippen LogP contribution in [-0.2, 0) is 6.18 Å². The van der Waals surface area contributed by atoms with Crippen LogP contribution in [0.5, 0.6) is 0 Å². The summed E-state index contributed by atoms with van der Waals surface area (Å²) in [5.41, 5.74) is -1.79. The van der Waals surface area contributed by atoms with Gasteiger partial charge in [0.15, 0.2) is 0 Å². The van der Waals surface area contributed by atoms with Gasteiger partial charge in [-0.05, 0) is 24.6 Å². The van der Waals surface area contributed by atoms with Gasteiger partial charge in [-0.3, -0.25) is 0 Å². The van der Waals surface area contributed by atoms with E-state index in [1.54, 1.807) is 0 Å². The summed E-state index contributed by atoms with van der Waals surface area (Å²) in [6.07, 6.45) is -4.60. The molecule has 0 saturated heterocycles. The average molecular weight is 239 g/mol. The fourth-order valence-electron chi connectivity index (χ4n) is 1.20. The molecule has 0 spiro atoms. The Balaban J connectivity index is 3.49. The first-order chi connectivity index (χ1) is 6.73. The molecule has 0 unspecified atom stereocenters. The Bertz CT molecular complexity index is 413. The number of halogens is 4. The zero-order chi connectivity index (χ0) is 11.8. The van der Waals surface area contributed by atoms with Gasteiger partial charge < -0.3 is 5.11 Å². The predicted molar refractivity (Wildman–Crippen MR) is 48.2 cm³/mol. The monoisotopic (exact) mass is 238 g/mol. The van der Waals surface area contributed by atoms with Crippen LogP contribution in [-0.4, -0.2) is 11.1 Å². The summed E-state index contributed by atoms with van der Waals surface area (Å²) in [5, 5.41) is 8.41. The lowest BCUT2D eigenvalue weighted by Gasteiger charge is -2.12. The van der Waals surface area contributed by atoms with Crippen molar-refractivity contribution in [3.05, 3.63) is 33.8 Å². The first-order valence-corrected chi connectivity index (χ1v) is 4.22. The van der Waals surface area contributed by atoms with Gasteiger partial charge in [0.1, 0.15) is 0 Å². The predicted octanol–water partition coefficient (Wildman–Crippen LogP) is 3.37. The molecule has 0 atom stereocenters. The highest BCUT2D eigenvalue weighted by Crippen LogP contribution is 2.35. The smallest absolute Gasteiger partial charge is 0.416 e. The standard InChI is InChI=1S/C9H6ClF3O2/c1-4-6(8(14)15)2-5(10)3-7(4)9(11,12)13/h2-3H,1H3,(H,14,15). The van der Waals surface area contributed by atoms with Crippen molar-refractivity contribution in [2.75, 3.05) is 0 Å². The molecule has 0 amide bonds. The molecule has 0 saturated carbocycles. The van der Waals surface area contributed by atoms with Gasteiger partial charge in [-0.15, -0.1) is 0 Å². The second-order valence-electron chi connectivity index (χ2n) is 2.93. The molecule has 0 aromatic heterocycles. The van der Waals surface area contributed by atoms with Crippen LogP contribution in [0, 0.1) is 6.92 Å². The number of hydrogen-bond acceptors (Lipinski definition) is 1. The molecule has 6 heteroatoms. The summed E-state index contributed by atoms with van der Waals surface area (Å²) >= 11 is 5.41. The molecule has 1 aromatic carbocycles. The quantitative estimate of drug-likeness (QED) is 0.815. The Kier molecular flexibility index (Phi) is 2.95. The molecule has 0 fully saturated rings. The number of alkyl halides is 3. The molecule has 0 aliphatic rings. The second kappa shape index (κ2) is 3.73. The van der Waals surface area contributed by atoms with Crippen molar-refractivity contribution in [2.45, 2.75) is 13.1 Å². The van der Waals surface area contributed by atoms with E-state index in [0.29, 0.717) is 6.07 Å². The van der Waals surface area contributed by atoms with Gasteiger partial charge in [-0.25, -0.2) is 4.79 Å².